The summed E-state index contributed by atoms with van der Waals surface area (Å²) in [5.41, 5.74) is 5.54. The van der Waals surface area contributed by atoms with Crippen LogP contribution in [0.3, 0.4) is 0 Å². The van der Waals surface area contributed by atoms with Crippen molar-refractivity contribution in [2.75, 3.05) is 0 Å². The van der Waals surface area contributed by atoms with Gasteiger partial charge in [-0.25, -0.2) is 0 Å². The Labute approximate surface area is 189 Å². The lowest BCUT2D eigenvalue weighted by Crippen LogP contribution is -2.17. The predicted molar refractivity (Wildman–Crippen MR) is 127 cm³/mol. The molecule has 0 radical (unpaired) electrons. The smallest absolute Gasteiger partial charge is 0.290 e. The molecule has 5 nitrogen and oxygen atoms in total. The minimum absolute atomic E-state index is 0.352. The molecule has 0 spiro atoms. The van der Waals surface area contributed by atoms with Crippen molar-refractivity contribution >= 4 is 39.9 Å². The van der Waals surface area contributed by atoms with Crippen LogP contribution in [0, 0.1) is 11.3 Å². The molecule has 4 aromatic rings. The van der Waals surface area contributed by atoms with E-state index in [2.05, 4.69) is 22.0 Å². The highest BCUT2D eigenvalue weighted by atomic mass is 32.2. The van der Waals surface area contributed by atoms with Crippen LogP contribution < -0.4 is 5.32 Å². The summed E-state index contributed by atoms with van der Waals surface area (Å²) in [7, 11) is 0. The molecule has 1 aromatic heterocycles. The number of carbonyl (C=O) groups excluding carboxylic acids is 2. The average molecular weight is 436 g/mol. The van der Waals surface area contributed by atoms with E-state index < -0.39 is 0 Å². The fourth-order valence-corrected chi connectivity index (χ4v) is 4.68. The van der Waals surface area contributed by atoms with Gasteiger partial charge in [-0.3, -0.25) is 14.9 Å². The van der Waals surface area contributed by atoms with Crippen LogP contribution in [0.1, 0.15) is 16.7 Å². The fourth-order valence-electron chi connectivity index (χ4n) is 4.00. The molecule has 0 bridgehead atoms. The molecule has 154 valence electrons. The second kappa shape index (κ2) is 8.22. The number of amides is 2. The van der Waals surface area contributed by atoms with Crippen molar-refractivity contribution in [1.82, 2.24) is 9.88 Å². The number of aromatic nitrogens is 1. The maximum atomic E-state index is 12.0. The number of carbonyl (C=O) groups is 2. The fraction of sp³-hybridized carbons (Fsp3) is 0.0385. The topological polar surface area (TPSA) is 74.9 Å². The van der Waals surface area contributed by atoms with E-state index in [1.165, 1.54) is 0 Å². The number of nitrogens with zero attached hydrogens (tertiary/aromatic N) is 2. The Morgan fingerprint density at radius 2 is 1.66 bits per heavy atom. The monoisotopic (exact) mass is 435 g/mol. The molecule has 0 aliphatic carbocycles. The van der Waals surface area contributed by atoms with Gasteiger partial charge >= 0.3 is 0 Å². The minimum atomic E-state index is -0.365. The van der Waals surface area contributed by atoms with E-state index in [1.54, 1.807) is 6.08 Å². The zero-order valence-electron chi connectivity index (χ0n) is 16.9. The Morgan fingerprint density at radius 3 is 2.44 bits per heavy atom. The van der Waals surface area contributed by atoms with E-state index in [0.29, 0.717) is 17.0 Å². The molecular weight excluding hydrogens is 418 g/mol. The molecular formula is C26H17N3O2S. The molecule has 2 amide bonds. The Hall–Kier alpha value is -4.08. The van der Waals surface area contributed by atoms with E-state index in [-0.39, 0.29) is 11.1 Å². The molecule has 1 N–H and O–H groups in total. The zero-order chi connectivity index (χ0) is 22.1. The lowest BCUT2D eigenvalue weighted by atomic mass is 9.96. The molecule has 1 saturated heterocycles. The summed E-state index contributed by atoms with van der Waals surface area (Å²) in [5.74, 6) is -0.365. The van der Waals surface area contributed by atoms with E-state index in [1.807, 2.05) is 72.9 Å². The highest BCUT2D eigenvalue weighted by Gasteiger charge is 2.25. The van der Waals surface area contributed by atoms with Crippen molar-refractivity contribution in [1.29, 1.82) is 5.26 Å². The molecule has 2 heterocycles. The number of thioether (sulfide) groups is 1. The van der Waals surface area contributed by atoms with Crippen LogP contribution in [-0.2, 0) is 11.3 Å². The normalized spacial score (nSPS) is 14.7. The van der Waals surface area contributed by atoms with Crippen molar-refractivity contribution < 1.29 is 9.59 Å². The van der Waals surface area contributed by atoms with Gasteiger partial charge < -0.3 is 4.57 Å². The maximum absolute atomic E-state index is 12.0. The quantitative estimate of drug-likeness (QED) is 0.426. The number of hydrogen-bond donors (Lipinski definition) is 1. The summed E-state index contributed by atoms with van der Waals surface area (Å²) in [5, 5.41) is 12.5. The molecule has 5 rings (SSSR count). The van der Waals surface area contributed by atoms with Gasteiger partial charge in [-0.1, -0.05) is 60.7 Å². The van der Waals surface area contributed by atoms with Crippen molar-refractivity contribution in [3.8, 4) is 17.2 Å². The van der Waals surface area contributed by atoms with Crippen LogP contribution in [0.15, 0.2) is 83.9 Å². The highest BCUT2D eigenvalue weighted by Crippen LogP contribution is 2.32. The van der Waals surface area contributed by atoms with Gasteiger partial charge in [0.15, 0.2) is 0 Å². The predicted octanol–water partition coefficient (Wildman–Crippen LogP) is 5.55. The number of imide groups is 1. The van der Waals surface area contributed by atoms with Crippen molar-refractivity contribution in [3.05, 3.63) is 101 Å². The van der Waals surface area contributed by atoms with Gasteiger partial charge in [-0.2, -0.15) is 5.26 Å². The van der Waals surface area contributed by atoms with Gasteiger partial charge in [0.2, 0.25) is 0 Å². The number of benzene rings is 3. The number of fused-ring (bicyclic) bond motifs is 1. The van der Waals surface area contributed by atoms with E-state index in [9.17, 15) is 14.9 Å². The number of hydrogen-bond acceptors (Lipinski definition) is 4. The Morgan fingerprint density at radius 1 is 0.938 bits per heavy atom. The van der Waals surface area contributed by atoms with Gasteiger partial charge in [-0.15, -0.1) is 0 Å². The van der Waals surface area contributed by atoms with Crippen LogP contribution in [0.25, 0.3) is 28.1 Å². The summed E-state index contributed by atoms with van der Waals surface area (Å²) >= 11 is 0.916. The first kappa shape index (κ1) is 19.9. The molecule has 0 atom stereocenters. The molecule has 32 heavy (non-hydrogen) atoms. The maximum Gasteiger partial charge on any atom is 0.290 e. The first-order chi connectivity index (χ1) is 15.6. The summed E-state index contributed by atoms with van der Waals surface area (Å²) in [4.78, 5) is 24.0. The second-order valence-corrected chi connectivity index (χ2v) is 8.41. The molecule has 1 aliphatic heterocycles. The van der Waals surface area contributed by atoms with Crippen LogP contribution in [-0.4, -0.2) is 15.7 Å². The zero-order valence-corrected chi connectivity index (χ0v) is 17.7. The number of rotatable bonds is 4. The third-order valence-corrected chi connectivity index (χ3v) is 6.25. The Bertz CT molecular complexity index is 1460. The molecule has 3 aromatic carbocycles. The molecule has 0 saturated carbocycles. The van der Waals surface area contributed by atoms with Gasteiger partial charge in [0.25, 0.3) is 11.1 Å². The lowest BCUT2D eigenvalue weighted by molar-refractivity contribution is -0.115. The third-order valence-electron chi connectivity index (χ3n) is 5.44. The molecule has 0 unspecified atom stereocenters. The standard InChI is InChI=1S/C26H17N3O2S/c27-14-17-7-1-3-9-20(17)21-10-4-2-8-18(21)15-29-16-19(22-11-5-6-12-23(22)29)13-24-25(30)28-26(31)32-24/h1-13,16H,15H2,(H,28,30,31)/b24-13+. The second-order valence-electron chi connectivity index (χ2n) is 7.40. The third kappa shape index (κ3) is 3.59. The molecule has 1 fully saturated rings. The van der Waals surface area contributed by atoms with Crippen molar-refractivity contribution in [2.45, 2.75) is 6.54 Å². The molecule has 1 aliphatic rings. The van der Waals surface area contributed by atoms with Crippen LogP contribution >= 0.6 is 11.8 Å². The summed E-state index contributed by atoms with van der Waals surface area (Å²) < 4.78 is 2.13. The number of nitrogens with one attached hydrogen (secondary N) is 1. The van der Waals surface area contributed by atoms with Gasteiger partial charge in [0.1, 0.15) is 0 Å². The SMILES string of the molecule is N#Cc1ccccc1-c1ccccc1Cn1cc(/C=C2/SC(=O)NC2=O)c2ccccc21. The van der Waals surface area contributed by atoms with Crippen molar-refractivity contribution in [3.63, 3.8) is 0 Å². The van der Waals surface area contributed by atoms with Gasteiger partial charge in [0, 0.05) is 29.2 Å². The van der Waals surface area contributed by atoms with Crippen LogP contribution in [0.4, 0.5) is 4.79 Å². The van der Waals surface area contributed by atoms with E-state index >= 15 is 0 Å². The summed E-state index contributed by atoms with van der Waals surface area (Å²) in [6, 6.07) is 25.9. The Kier molecular flexibility index (Phi) is 5.10. The highest BCUT2D eigenvalue weighted by molar-refractivity contribution is 8.18. The van der Waals surface area contributed by atoms with E-state index in [0.717, 1.165) is 44.9 Å². The Balaban J connectivity index is 1.60. The minimum Gasteiger partial charge on any atom is -0.342 e. The van der Waals surface area contributed by atoms with Gasteiger partial charge in [0.05, 0.1) is 16.5 Å². The summed E-state index contributed by atoms with van der Waals surface area (Å²) in [6.07, 6.45) is 3.77. The van der Waals surface area contributed by atoms with Crippen LogP contribution in [0.2, 0.25) is 0 Å². The van der Waals surface area contributed by atoms with Crippen molar-refractivity contribution in [2.24, 2.45) is 0 Å². The molecule has 6 heteroatoms. The van der Waals surface area contributed by atoms with E-state index in [4.69, 9.17) is 0 Å². The van der Waals surface area contributed by atoms with Gasteiger partial charge in [-0.05, 0) is 46.7 Å². The van der Waals surface area contributed by atoms with Crippen LogP contribution in [0.5, 0.6) is 0 Å². The number of nitriles is 1. The largest absolute Gasteiger partial charge is 0.342 e. The first-order valence-corrected chi connectivity index (χ1v) is 10.9. The number of para-hydroxylation sites is 1. The lowest BCUT2D eigenvalue weighted by Gasteiger charge is -2.13. The first-order valence-electron chi connectivity index (χ1n) is 10.0. The average Bonchev–Trinajstić information content (AvgIpc) is 3.33. The summed E-state index contributed by atoms with van der Waals surface area (Å²) in [6.45, 7) is 0.595.